The SMILES string of the molecule is CCC(C)c1cc(C(C)C)c(S(=O)(=O)NC(Cc2cccc(C(N)=NC)c2)C(=O)N2CCN(C(=O)CC(C)(C)CC(C)(C)NC)CC2)c(C(C)C)c1. The molecule has 0 spiro atoms. The van der Waals surface area contributed by atoms with E-state index in [4.69, 9.17) is 5.73 Å². The van der Waals surface area contributed by atoms with Gasteiger partial charge in [0.15, 0.2) is 0 Å². The first-order valence-corrected chi connectivity index (χ1v) is 20.4. The summed E-state index contributed by atoms with van der Waals surface area (Å²) in [5, 5.41) is 3.33. The Kier molecular flexibility index (Phi) is 14.7. The molecule has 1 fully saturated rings. The van der Waals surface area contributed by atoms with Crippen LogP contribution in [-0.4, -0.2) is 87.7 Å². The fourth-order valence-electron chi connectivity index (χ4n) is 7.30. The normalized spacial score (nSPS) is 16.1. The number of nitrogens with one attached hydrogen (secondary N) is 2. The number of nitrogens with zero attached hydrogens (tertiary/aromatic N) is 3. The molecule has 0 saturated carbocycles. The van der Waals surface area contributed by atoms with Crippen LogP contribution in [0.2, 0.25) is 0 Å². The zero-order valence-corrected chi connectivity index (χ0v) is 34.7. The van der Waals surface area contributed by atoms with Gasteiger partial charge in [-0.05, 0) is 91.6 Å². The lowest BCUT2D eigenvalue weighted by Crippen LogP contribution is -2.56. The fraction of sp³-hybridized carbons (Fsp3) is 0.634. The van der Waals surface area contributed by atoms with E-state index in [1.807, 2.05) is 76.0 Å². The Morgan fingerprint density at radius 1 is 0.923 bits per heavy atom. The topological polar surface area (TPSA) is 137 Å². The number of rotatable bonds is 16. The Morgan fingerprint density at radius 2 is 1.48 bits per heavy atom. The molecular weight excluding hydrogens is 673 g/mol. The van der Waals surface area contributed by atoms with Crippen molar-refractivity contribution in [2.75, 3.05) is 40.3 Å². The second-order valence-corrected chi connectivity index (χ2v) is 18.3. The third-order valence-electron chi connectivity index (χ3n) is 10.5. The van der Waals surface area contributed by atoms with Crippen LogP contribution < -0.4 is 15.8 Å². The first-order valence-electron chi connectivity index (χ1n) is 18.9. The van der Waals surface area contributed by atoms with Crippen LogP contribution in [0.15, 0.2) is 46.3 Å². The van der Waals surface area contributed by atoms with Crippen molar-refractivity contribution in [2.24, 2.45) is 16.1 Å². The van der Waals surface area contributed by atoms with Crippen LogP contribution >= 0.6 is 0 Å². The molecule has 2 unspecified atom stereocenters. The van der Waals surface area contributed by atoms with Crippen LogP contribution in [0.3, 0.4) is 0 Å². The molecule has 2 atom stereocenters. The van der Waals surface area contributed by atoms with Crippen molar-refractivity contribution in [3.63, 3.8) is 0 Å². The van der Waals surface area contributed by atoms with E-state index in [0.29, 0.717) is 44.0 Å². The molecule has 0 aromatic heterocycles. The average Bonchev–Trinajstić information content (AvgIpc) is 3.08. The van der Waals surface area contributed by atoms with E-state index in [1.54, 1.807) is 11.9 Å². The number of nitrogens with two attached hydrogens (primary N) is 1. The molecule has 52 heavy (non-hydrogen) atoms. The van der Waals surface area contributed by atoms with E-state index in [1.165, 1.54) is 0 Å². The minimum absolute atomic E-state index is 0.0601. The van der Waals surface area contributed by atoms with Gasteiger partial charge >= 0.3 is 0 Å². The highest BCUT2D eigenvalue weighted by Crippen LogP contribution is 2.36. The zero-order chi connectivity index (χ0) is 39.2. The van der Waals surface area contributed by atoms with E-state index in [0.717, 1.165) is 35.1 Å². The van der Waals surface area contributed by atoms with Crippen molar-refractivity contribution in [1.29, 1.82) is 0 Å². The molecule has 11 heteroatoms. The van der Waals surface area contributed by atoms with Gasteiger partial charge in [-0.25, -0.2) is 8.42 Å². The maximum Gasteiger partial charge on any atom is 0.241 e. The lowest BCUT2D eigenvalue weighted by molar-refractivity contribution is -0.141. The molecule has 10 nitrogen and oxygen atoms in total. The van der Waals surface area contributed by atoms with Gasteiger partial charge in [0.05, 0.1) is 4.90 Å². The number of carbonyl (C=O) groups excluding carboxylic acids is 2. The number of aliphatic imine (C=N–C) groups is 1. The van der Waals surface area contributed by atoms with Crippen LogP contribution in [0, 0.1) is 5.41 Å². The summed E-state index contributed by atoms with van der Waals surface area (Å²) in [6.45, 7) is 22.2. The molecule has 2 aromatic carbocycles. The number of amidine groups is 1. The Morgan fingerprint density at radius 3 is 1.98 bits per heavy atom. The van der Waals surface area contributed by atoms with Crippen LogP contribution in [0.4, 0.5) is 0 Å². The zero-order valence-electron chi connectivity index (χ0n) is 33.9. The number of sulfonamides is 1. The fourth-order valence-corrected chi connectivity index (χ4v) is 9.19. The van der Waals surface area contributed by atoms with Crippen molar-refractivity contribution in [3.8, 4) is 0 Å². The standard InChI is InChI=1S/C41H66N6O4S/c1-13-29(6)32-23-33(27(2)3)37(34(24-32)28(4)5)52(50,51)45-35(22-30-15-14-16-31(21-30)38(42)43-11)39(49)47-19-17-46(18-20-47)36(48)25-40(7,8)26-41(9,10)44-12/h14-16,21,23-24,27-29,35,44-45H,13,17-20,22,25-26H2,1-12H3,(H2,42,43). The Balaban J connectivity index is 1.97. The van der Waals surface area contributed by atoms with E-state index in [2.05, 4.69) is 56.6 Å². The van der Waals surface area contributed by atoms with Gasteiger partial charge in [-0.15, -0.1) is 0 Å². The van der Waals surface area contributed by atoms with E-state index in [-0.39, 0.29) is 51.8 Å². The van der Waals surface area contributed by atoms with Crippen molar-refractivity contribution >= 4 is 27.7 Å². The Labute approximate surface area is 314 Å². The molecule has 0 radical (unpaired) electrons. The molecular formula is C41H66N6O4S. The summed E-state index contributed by atoms with van der Waals surface area (Å²) in [4.78, 5) is 35.8. The predicted molar refractivity (Wildman–Crippen MR) is 214 cm³/mol. The molecule has 2 amide bonds. The van der Waals surface area contributed by atoms with E-state index < -0.39 is 16.1 Å². The lowest BCUT2D eigenvalue weighted by Gasteiger charge is -2.39. The molecule has 2 aromatic rings. The highest BCUT2D eigenvalue weighted by atomic mass is 32.2. The van der Waals surface area contributed by atoms with E-state index in [9.17, 15) is 18.0 Å². The van der Waals surface area contributed by atoms with Crippen molar-refractivity contribution in [2.45, 2.75) is 129 Å². The highest BCUT2D eigenvalue weighted by Gasteiger charge is 2.36. The number of hydrogen-bond acceptors (Lipinski definition) is 6. The third kappa shape index (κ3) is 11.1. The number of benzene rings is 2. The Hall–Kier alpha value is -3.28. The van der Waals surface area contributed by atoms with Gasteiger partial charge in [-0.2, -0.15) is 4.72 Å². The summed E-state index contributed by atoms with van der Waals surface area (Å²) < 4.78 is 32.2. The third-order valence-corrected chi connectivity index (χ3v) is 12.1. The Bertz CT molecular complexity index is 1660. The monoisotopic (exact) mass is 738 g/mol. The number of carbonyl (C=O) groups is 2. The summed E-state index contributed by atoms with van der Waals surface area (Å²) in [5.74, 6) is 0.259. The molecule has 1 saturated heterocycles. The number of piperazine rings is 1. The van der Waals surface area contributed by atoms with Gasteiger partial charge in [-0.3, -0.25) is 14.6 Å². The van der Waals surface area contributed by atoms with Gasteiger partial charge in [0.25, 0.3) is 0 Å². The largest absolute Gasteiger partial charge is 0.384 e. The summed E-state index contributed by atoms with van der Waals surface area (Å²) in [6.07, 6.45) is 2.29. The summed E-state index contributed by atoms with van der Waals surface area (Å²) in [6, 6.07) is 10.4. The van der Waals surface area contributed by atoms with Crippen LogP contribution in [-0.2, 0) is 26.0 Å². The molecule has 290 valence electrons. The first-order chi connectivity index (χ1) is 24.1. The van der Waals surface area contributed by atoms with Gasteiger partial charge in [0, 0.05) is 50.7 Å². The van der Waals surface area contributed by atoms with Crippen LogP contribution in [0.1, 0.15) is 134 Å². The maximum atomic E-state index is 14.7. The van der Waals surface area contributed by atoms with Crippen molar-refractivity contribution < 1.29 is 18.0 Å². The summed E-state index contributed by atoms with van der Waals surface area (Å²) in [7, 11) is -0.625. The van der Waals surface area contributed by atoms with Crippen LogP contribution in [0.25, 0.3) is 0 Å². The average molecular weight is 739 g/mol. The first kappa shape index (κ1) is 43.1. The number of amides is 2. The van der Waals surface area contributed by atoms with Gasteiger partial charge in [-0.1, -0.05) is 85.7 Å². The molecule has 4 N–H and O–H groups in total. The van der Waals surface area contributed by atoms with E-state index >= 15 is 0 Å². The van der Waals surface area contributed by atoms with Crippen molar-refractivity contribution in [1.82, 2.24) is 19.8 Å². The molecule has 1 aliphatic rings. The molecule has 3 rings (SSSR count). The minimum atomic E-state index is -4.17. The quantitative estimate of drug-likeness (QED) is 0.140. The van der Waals surface area contributed by atoms with Gasteiger partial charge in [0.2, 0.25) is 21.8 Å². The molecule has 0 aliphatic carbocycles. The summed E-state index contributed by atoms with van der Waals surface area (Å²) >= 11 is 0. The predicted octanol–water partition coefficient (Wildman–Crippen LogP) is 6.15. The molecule has 0 bridgehead atoms. The smallest absolute Gasteiger partial charge is 0.241 e. The molecule has 1 aliphatic heterocycles. The number of hydrogen-bond donors (Lipinski definition) is 3. The summed E-state index contributed by atoms with van der Waals surface area (Å²) in [5.41, 5.74) is 9.89. The highest BCUT2D eigenvalue weighted by molar-refractivity contribution is 7.89. The van der Waals surface area contributed by atoms with Crippen LogP contribution in [0.5, 0.6) is 0 Å². The molecule has 1 heterocycles. The lowest BCUT2D eigenvalue weighted by atomic mass is 9.77. The van der Waals surface area contributed by atoms with Gasteiger partial charge < -0.3 is 20.9 Å². The second kappa shape index (κ2) is 17.7. The second-order valence-electron chi connectivity index (χ2n) is 16.7. The maximum absolute atomic E-state index is 14.7. The van der Waals surface area contributed by atoms with Crippen molar-refractivity contribution in [3.05, 3.63) is 64.2 Å². The minimum Gasteiger partial charge on any atom is -0.384 e. The van der Waals surface area contributed by atoms with Gasteiger partial charge in [0.1, 0.15) is 11.9 Å².